The zero-order chi connectivity index (χ0) is 10.7. The van der Waals surface area contributed by atoms with Gasteiger partial charge in [0.1, 0.15) is 0 Å². The maximum Gasteiger partial charge on any atom is 4.00 e. The quantitative estimate of drug-likeness (QED) is 0.351. The van der Waals surface area contributed by atoms with Gasteiger partial charge >= 0.3 is 71.7 Å². The van der Waals surface area contributed by atoms with E-state index >= 15 is 0 Å². The van der Waals surface area contributed by atoms with Crippen molar-refractivity contribution in [3.63, 3.8) is 0 Å². The van der Waals surface area contributed by atoms with Gasteiger partial charge in [-0.25, -0.2) is 0 Å². The van der Waals surface area contributed by atoms with Crippen LogP contribution in [0.5, 0.6) is 0 Å². The molecule has 0 rings (SSSR count). The Morgan fingerprint density at radius 2 is 0.571 bits per heavy atom. The fourth-order valence-electron chi connectivity index (χ4n) is 0. The second-order valence-electron chi connectivity index (χ2n) is 0.750. The van der Waals surface area contributed by atoms with Crippen molar-refractivity contribution in [1.82, 2.24) is 0 Å². The second-order valence-corrected chi connectivity index (χ2v) is 2.25. The van der Waals surface area contributed by atoms with Crippen molar-refractivity contribution in [2.75, 3.05) is 0 Å². The zero-order valence-corrected chi connectivity index (χ0v) is 15.3. The second kappa shape index (κ2) is 23.8. The first-order chi connectivity index (χ1) is 5.20. The van der Waals surface area contributed by atoms with Gasteiger partial charge in [-0.15, -0.1) is 0 Å². The maximum absolute atomic E-state index is 8.52. The molecule has 14 heteroatoms. The Hall–Kier alpha value is 1.21. The Morgan fingerprint density at radius 1 is 0.571 bits per heavy atom. The van der Waals surface area contributed by atoms with Gasteiger partial charge in [-0.05, 0) is 0 Å². The standard InChI is InChI=1S/3O3Si.Sr.Zr/c3*1-4(2)3;;/q3*-2;+2;+4. The van der Waals surface area contributed by atoms with Gasteiger partial charge in [0.25, 0.3) is 0 Å². The van der Waals surface area contributed by atoms with E-state index in [-0.39, 0.29) is 71.7 Å². The Kier molecular flexibility index (Phi) is 50.1. The van der Waals surface area contributed by atoms with E-state index in [1.54, 1.807) is 0 Å². The van der Waals surface area contributed by atoms with Gasteiger partial charge in [-0.3, -0.25) is 0 Å². The number of rotatable bonds is 0. The average Bonchev–Trinajstić information content (AvgIpc) is 1.54. The predicted octanol–water partition coefficient (Wildman–Crippen LogP) is -9.02. The molecular weight excluding hydrogens is 407 g/mol. The van der Waals surface area contributed by atoms with Gasteiger partial charge in [0.2, 0.25) is 0 Å². The van der Waals surface area contributed by atoms with Crippen molar-refractivity contribution in [1.29, 1.82) is 0 Å². The average molecular weight is 407 g/mol. The molecule has 0 amide bonds. The van der Waals surface area contributed by atoms with E-state index in [9.17, 15) is 0 Å². The van der Waals surface area contributed by atoms with E-state index in [1.807, 2.05) is 0 Å². The molecule has 0 saturated heterocycles. The van der Waals surface area contributed by atoms with Gasteiger partial charge in [-0.1, -0.05) is 0 Å². The van der Waals surface area contributed by atoms with Crippen molar-refractivity contribution < 1.29 is 68.4 Å². The van der Waals surface area contributed by atoms with Crippen molar-refractivity contribution >= 4 is 73.0 Å². The molecule has 14 heavy (non-hydrogen) atoms. The SMILES string of the molecule is O=[Si]([O-])[O-].O=[Si]([O-])[O-].O=[Si]([O-])[O-].[Sr+2].[Zr+4]. The van der Waals surface area contributed by atoms with E-state index in [4.69, 9.17) is 42.2 Å². The molecule has 0 atom stereocenters. The van der Waals surface area contributed by atoms with Gasteiger partial charge in [0, 0.05) is 27.5 Å². The molecular formula is O9Si3SrZr. The van der Waals surface area contributed by atoms with Gasteiger partial charge in [-0.2, -0.15) is 0 Å². The minimum Gasteiger partial charge on any atom is -0.672 e. The molecule has 0 aromatic carbocycles. The van der Waals surface area contributed by atoms with E-state index < -0.39 is 27.5 Å². The van der Waals surface area contributed by atoms with E-state index in [0.717, 1.165) is 0 Å². The summed E-state index contributed by atoms with van der Waals surface area (Å²) in [5, 5.41) is 0. The van der Waals surface area contributed by atoms with E-state index in [2.05, 4.69) is 0 Å². The van der Waals surface area contributed by atoms with Crippen LogP contribution in [0.25, 0.3) is 0 Å². The minimum atomic E-state index is -3.63. The Morgan fingerprint density at radius 3 is 0.571 bits per heavy atom. The monoisotopic (exact) mass is 406 g/mol. The van der Waals surface area contributed by atoms with Gasteiger partial charge < -0.3 is 42.2 Å². The Balaban J connectivity index is -0.0000000270. The minimum absolute atomic E-state index is 0. The number of hydrogen-bond donors (Lipinski definition) is 0. The maximum atomic E-state index is 8.52. The molecule has 0 aliphatic heterocycles. The van der Waals surface area contributed by atoms with Crippen LogP contribution < -0.4 is 28.8 Å². The van der Waals surface area contributed by atoms with Crippen LogP contribution in [0.3, 0.4) is 0 Å². The smallest absolute Gasteiger partial charge is 0.672 e. The van der Waals surface area contributed by atoms with Crippen molar-refractivity contribution in [3.05, 3.63) is 0 Å². The molecule has 0 fully saturated rings. The molecule has 0 aromatic heterocycles. The molecule has 0 aliphatic carbocycles. The molecule has 0 spiro atoms. The molecule has 72 valence electrons. The summed E-state index contributed by atoms with van der Waals surface area (Å²) in [5.41, 5.74) is 0. The topological polar surface area (TPSA) is 190 Å². The van der Waals surface area contributed by atoms with Crippen LogP contribution >= 0.6 is 0 Å². The summed E-state index contributed by atoms with van der Waals surface area (Å²) in [6.07, 6.45) is 0. The number of hydrogen-bond acceptors (Lipinski definition) is 9. The normalized spacial score (nSPS) is 5.14. The fraction of sp³-hybridized carbons (Fsp3) is 0. The summed E-state index contributed by atoms with van der Waals surface area (Å²) in [4.78, 5) is 51.1. The first-order valence-electron chi connectivity index (χ1n) is 1.84. The van der Waals surface area contributed by atoms with Gasteiger partial charge in [0.05, 0.1) is 0 Å². The largest absolute Gasteiger partial charge is 4.00 e. The van der Waals surface area contributed by atoms with E-state index in [0.29, 0.717) is 0 Å². The summed E-state index contributed by atoms with van der Waals surface area (Å²) >= 11 is 0. The summed E-state index contributed by atoms with van der Waals surface area (Å²) in [6, 6.07) is 0. The first kappa shape index (κ1) is 29.5. The summed E-state index contributed by atoms with van der Waals surface area (Å²) in [7, 11) is -10.9. The summed E-state index contributed by atoms with van der Waals surface area (Å²) in [5.74, 6) is 0. The van der Waals surface area contributed by atoms with Crippen LogP contribution in [-0.4, -0.2) is 73.0 Å². The van der Waals surface area contributed by atoms with Crippen molar-refractivity contribution in [2.24, 2.45) is 0 Å². The third kappa shape index (κ3) is 1340. The molecule has 0 N–H and O–H groups in total. The summed E-state index contributed by atoms with van der Waals surface area (Å²) in [6.45, 7) is 0. The van der Waals surface area contributed by atoms with Crippen LogP contribution in [0, 0.1) is 0 Å². The summed E-state index contributed by atoms with van der Waals surface area (Å²) < 4.78 is 25.6. The molecule has 0 aliphatic rings. The van der Waals surface area contributed by atoms with Crippen LogP contribution in [0.15, 0.2) is 0 Å². The Bertz CT molecular complexity index is 118. The van der Waals surface area contributed by atoms with Crippen molar-refractivity contribution in [3.8, 4) is 0 Å². The van der Waals surface area contributed by atoms with Gasteiger partial charge in [0.15, 0.2) is 0 Å². The van der Waals surface area contributed by atoms with Crippen LogP contribution in [0.1, 0.15) is 0 Å². The fourth-order valence-corrected chi connectivity index (χ4v) is 0. The molecule has 9 nitrogen and oxygen atoms in total. The van der Waals surface area contributed by atoms with Crippen LogP contribution in [-0.2, 0) is 39.6 Å². The Labute approximate surface area is 139 Å². The predicted molar refractivity (Wildman–Crippen MR) is 25.1 cm³/mol. The molecule has 0 radical (unpaired) electrons. The van der Waals surface area contributed by atoms with Crippen molar-refractivity contribution in [2.45, 2.75) is 0 Å². The third-order valence-corrected chi connectivity index (χ3v) is 0. The first-order valence-corrected chi connectivity index (χ1v) is 5.51. The van der Waals surface area contributed by atoms with Crippen LogP contribution in [0.4, 0.5) is 0 Å². The molecule has 0 heterocycles. The molecule has 0 saturated carbocycles. The molecule has 0 bridgehead atoms. The zero-order valence-electron chi connectivity index (χ0n) is 6.38. The van der Waals surface area contributed by atoms with Crippen LogP contribution in [0.2, 0.25) is 0 Å². The molecule has 0 unspecified atom stereocenters. The third-order valence-electron chi connectivity index (χ3n) is 0. The molecule has 0 aromatic rings. The van der Waals surface area contributed by atoms with E-state index in [1.165, 1.54) is 0 Å².